The van der Waals surface area contributed by atoms with Gasteiger partial charge in [0.05, 0.1) is 11.5 Å². The predicted octanol–water partition coefficient (Wildman–Crippen LogP) is 4.31. The number of rotatable bonds is 40. The van der Waals surface area contributed by atoms with Gasteiger partial charge in [0.25, 0.3) is 0 Å². The molecule has 0 saturated carbocycles. The first-order valence-corrected chi connectivity index (χ1v) is 23.1. The third-order valence-electron chi connectivity index (χ3n) is 8.53. The maximum absolute atomic E-state index is 12.4. The molecule has 7 N–H and O–H groups in total. The van der Waals surface area contributed by atoms with E-state index in [1.807, 2.05) is 0 Å². The summed E-state index contributed by atoms with van der Waals surface area (Å²) in [7, 11) is -6.47. The fourth-order valence-corrected chi connectivity index (χ4v) is 7.92. The van der Waals surface area contributed by atoms with Crippen LogP contribution in [-0.2, 0) is 20.0 Å². The molecular weight excluding hydrogens is 647 g/mol. The van der Waals surface area contributed by atoms with E-state index < -0.39 is 20.0 Å². The van der Waals surface area contributed by atoms with Crippen LogP contribution in [0.15, 0.2) is 0 Å². The molecule has 0 aromatic carbocycles. The third kappa shape index (κ3) is 35.4. The Hall–Kier alpha value is -0.380. The lowest BCUT2D eigenvalue weighted by Gasteiger charge is -2.22. The molecule has 0 fully saturated rings. The molecule has 0 aromatic heterocycles. The highest BCUT2D eigenvalue weighted by Gasteiger charge is 2.12. The zero-order chi connectivity index (χ0) is 35.4. The van der Waals surface area contributed by atoms with Gasteiger partial charge in [-0.25, -0.2) is 26.3 Å². The molecule has 0 amide bonds. The first-order chi connectivity index (χ1) is 23.3. The van der Waals surface area contributed by atoms with Crippen LogP contribution in [0.3, 0.4) is 0 Å². The Morgan fingerprint density at radius 1 is 0.417 bits per heavy atom. The van der Waals surface area contributed by atoms with Crippen molar-refractivity contribution in [3.63, 3.8) is 0 Å². The summed E-state index contributed by atoms with van der Waals surface area (Å²) in [5.74, 6) is 0.409. The monoisotopic (exact) mass is 726 g/mol. The van der Waals surface area contributed by atoms with Gasteiger partial charge in [-0.2, -0.15) is 0 Å². The lowest BCUT2D eigenvalue weighted by atomic mass is 10.1. The summed E-state index contributed by atoms with van der Waals surface area (Å²) in [6, 6.07) is 0. The Bertz CT molecular complexity index is 826. The van der Waals surface area contributed by atoms with Crippen molar-refractivity contribution in [1.29, 1.82) is 0 Å². The van der Waals surface area contributed by atoms with E-state index in [0.29, 0.717) is 13.1 Å². The van der Waals surface area contributed by atoms with E-state index in [1.54, 1.807) is 0 Å². The Kier molecular flexibility index (Phi) is 34.8. The molecule has 0 aromatic rings. The maximum atomic E-state index is 12.4. The molecule has 48 heavy (non-hydrogen) atoms. The SMILES string of the molecule is CCCCCCCCS(=O)(=O)NCCCN(CCCNCCCNCCCCNCCCN)CCCNS(=O)(=O)CCCCCCCC. The molecule has 0 aliphatic carbocycles. The second-order valence-electron chi connectivity index (χ2n) is 13.3. The highest BCUT2D eigenvalue weighted by atomic mass is 32.2. The lowest BCUT2D eigenvalue weighted by Crippen LogP contribution is -2.35. The number of nitrogens with zero attached hydrogens (tertiary/aromatic N) is 1. The molecule has 0 unspecified atom stereocenters. The molecule has 0 spiro atoms. The fourth-order valence-electron chi connectivity index (χ4n) is 5.55. The van der Waals surface area contributed by atoms with Crippen LogP contribution in [-0.4, -0.2) is 112 Å². The van der Waals surface area contributed by atoms with Gasteiger partial charge >= 0.3 is 0 Å². The minimum atomic E-state index is -3.23. The van der Waals surface area contributed by atoms with Gasteiger partial charge in [-0.1, -0.05) is 78.1 Å². The van der Waals surface area contributed by atoms with E-state index >= 15 is 0 Å². The van der Waals surface area contributed by atoms with Gasteiger partial charge in [0.1, 0.15) is 0 Å². The van der Waals surface area contributed by atoms with Crippen LogP contribution < -0.4 is 31.1 Å². The zero-order valence-corrected chi connectivity index (χ0v) is 32.9. The van der Waals surface area contributed by atoms with Crippen molar-refractivity contribution in [2.45, 2.75) is 136 Å². The second-order valence-corrected chi connectivity index (χ2v) is 17.2. The van der Waals surface area contributed by atoms with Crippen LogP contribution >= 0.6 is 0 Å². The van der Waals surface area contributed by atoms with Gasteiger partial charge in [-0.15, -0.1) is 0 Å². The molecule has 0 bridgehead atoms. The molecule has 290 valence electrons. The molecule has 0 rings (SSSR count). The molecule has 0 heterocycles. The number of nitrogens with one attached hydrogen (secondary N) is 5. The summed E-state index contributed by atoms with van der Waals surface area (Å²) < 4.78 is 55.3. The molecule has 0 atom stereocenters. The van der Waals surface area contributed by atoms with Crippen LogP contribution in [0, 0.1) is 0 Å². The van der Waals surface area contributed by atoms with Crippen LogP contribution in [0.4, 0.5) is 0 Å². The molecule has 13 heteroatoms. The number of nitrogens with two attached hydrogens (primary N) is 1. The summed E-state index contributed by atoms with van der Waals surface area (Å²) in [4.78, 5) is 2.35. The van der Waals surface area contributed by atoms with Gasteiger partial charge < -0.3 is 26.6 Å². The second kappa shape index (κ2) is 35.0. The minimum Gasteiger partial charge on any atom is -0.330 e. The average Bonchev–Trinajstić information content (AvgIpc) is 3.06. The van der Waals surface area contributed by atoms with Crippen molar-refractivity contribution in [2.24, 2.45) is 5.73 Å². The Morgan fingerprint density at radius 3 is 1.21 bits per heavy atom. The standard InChI is InChI=1S/C35H79N7O4S2/c1-3-5-7-9-11-15-34-47(43,44)40-29-20-32-42(33-21-30-41-48(45,46)35-16-12-10-8-6-4-2)31-19-28-39-27-18-26-38-24-14-13-23-37-25-17-22-36/h37-41H,3-36H2,1-2H3. The molecule has 0 saturated heterocycles. The first kappa shape index (κ1) is 47.6. The number of hydrogen-bond donors (Lipinski definition) is 6. The number of sulfonamides is 2. The molecule has 0 radical (unpaired) electrons. The van der Waals surface area contributed by atoms with Crippen molar-refractivity contribution in [3.05, 3.63) is 0 Å². The predicted molar refractivity (Wildman–Crippen MR) is 207 cm³/mol. The van der Waals surface area contributed by atoms with Gasteiger partial charge in [-0.3, -0.25) is 0 Å². The topological polar surface area (TPSA) is 158 Å². The van der Waals surface area contributed by atoms with Gasteiger partial charge in [0, 0.05) is 13.1 Å². The highest BCUT2D eigenvalue weighted by Crippen LogP contribution is 2.07. The van der Waals surface area contributed by atoms with Crippen molar-refractivity contribution in [1.82, 2.24) is 30.3 Å². The average molecular weight is 726 g/mol. The Balaban J connectivity index is 4.32. The largest absolute Gasteiger partial charge is 0.330 e. The maximum Gasteiger partial charge on any atom is 0.211 e. The molecule has 0 aliphatic rings. The van der Waals surface area contributed by atoms with Gasteiger partial charge in [0.15, 0.2) is 0 Å². The summed E-state index contributed by atoms with van der Waals surface area (Å²) >= 11 is 0. The normalized spacial score (nSPS) is 12.4. The van der Waals surface area contributed by atoms with Crippen LogP contribution in [0.2, 0.25) is 0 Å². The van der Waals surface area contributed by atoms with Crippen molar-refractivity contribution in [2.75, 3.05) is 90.0 Å². The van der Waals surface area contributed by atoms with E-state index in [9.17, 15) is 16.8 Å². The number of hydrogen-bond acceptors (Lipinski definition) is 9. The first-order valence-electron chi connectivity index (χ1n) is 19.8. The molecule has 0 aliphatic heterocycles. The van der Waals surface area contributed by atoms with Crippen molar-refractivity contribution < 1.29 is 16.8 Å². The quantitative estimate of drug-likeness (QED) is 0.0507. The van der Waals surface area contributed by atoms with Crippen LogP contribution in [0.5, 0.6) is 0 Å². The van der Waals surface area contributed by atoms with Crippen LogP contribution in [0.1, 0.15) is 136 Å². The zero-order valence-electron chi connectivity index (χ0n) is 31.3. The summed E-state index contributed by atoms with van der Waals surface area (Å²) in [5.41, 5.74) is 5.51. The van der Waals surface area contributed by atoms with E-state index in [1.165, 1.54) is 51.4 Å². The minimum absolute atomic E-state index is 0.204. The molecular formula is C35H79N7O4S2. The Morgan fingerprint density at radius 2 is 0.771 bits per heavy atom. The van der Waals surface area contributed by atoms with Crippen molar-refractivity contribution in [3.8, 4) is 0 Å². The van der Waals surface area contributed by atoms with E-state index in [2.05, 4.69) is 44.1 Å². The summed E-state index contributed by atoms with van der Waals surface area (Å²) in [6.45, 7) is 14.5. The summed E-state index contributed by atoms with van der Waals surface area (Å²) in [5, 5.41) is 10.5. The molecule has 11 nitrogen and oxygen atoms in total. The summed E-state index contributed by atoms with van der Waals surface area (Å²) in [6.07, 6.45) is 19.7. The highest BCUT2D eigenvalue weighted by molar-refractivity contribution is 7.89. The van der Waals surface area contributed by atoms with Gasteiger partial charge in [0.2, 0.25) is 20.0 Å². The smallest absolute Gasteiger partial charge is 0.211 e. The Labute approximate surface area is 298 Å². The number of unbranched alkanes of at least 4 members (excludes halogenated alkanes) is 11. The van der Waals surface area contributed by atoms with E-state index in [-0.39, 0.29) is 11.5 Å². The van der Waals surface area contributed by atoms with E-state index in [0.717, 1.165) is 136 Å². The van der Waals surface area contributed by atoms with Crippen molar-refractivity contribution >= 4 is 20.0 Å². The fraction of sp³-hybridized carbons (Fsp3) is 1.00. The van der Waals surface area contributed by atoms with E-state index in [4.69, 9.17) is 5.73 Å². The van der Waals surface area contributed by atoms with Gasteiger partial charge in [-0.05, 0) is 123 Å². The van der Waals surface area contributed by atoms with Crippen LogP contribution in [0.25, 0.3) is 0 Å². The lowest BCUT2D eigenvalue weighted by molar-refractivity contribution is 0.263. The third-order valence-corrected chi connectivity index (χ3v) is 11.5.